The summed E-state index contributed by atoms with van der Waals surface area (Å²) in [4.78, 5) is 11.0. The molecule has 0 atom stereocenters. The fourth-order valence-electron chi connectivity index (χ4n) is 1.33. The number of halogens is 1. The number of aliphatic hydroxyl groups is 1. The van der Waals surface area contributed by atoms with Gasteiger partial charge in [-0.15, -0.1) is 11.6 Å². The van der Waals surface area contributed by atoms with Gasteiger partial charge in [-0.3, -0.25) is 4.79 Å². The van der Waals surface area contributed by atoms with Gasteiger partial charge in [0.1, 0.15) is 11.5 Å². The minimum Gasteiger partial charge on any atom is -0.508 e. The molecular formula is C14H17ClO4. The molecule has 0 saturated carbocycles. The quantitative estimate of drug-likeness (QED) is 0.345. The van der Waals surface area contributed by atoms with Crippen molar-refractivity contribution in [3.63, 3.8) is 0 Å². The number of rotatable bonds is 8. The van der Waals surface area contributed by atoms with Crippen molar-refractivity contribution in [1.29, 1.82) is 0 Å². The lowest BCUT2D eigenvalue weighted by molar-refractivity contribution is -0.143. The molecule has 0 aliphatic heterocycles. The average Bonchev–Trinajstić information content (AvgIpc) is 2.39. The Kier molecular flexibility index (Phi) is 6.82. The van der Waals surface area contributed by atoms with Gasteiger partial charge in [0.2, 0.25) is 0 Å². The van der Waals surface area contributed by atoms with Crippen LogP contribution in [0.15, 0.2) is 30.8 Å². The van der Waals surface area contributed by atoms with Crippen molar-refractivity contribution >= 4 is 23.3 Å². The van der Waals surface area contributed by atoms with Crippen molar-refractivity contribution in [2.24, 2.45) is 0 Å². The van der Waals surface area contributed by atoms with Gasteiger partial charge in [0.25, 0.3) is 0 Å². The van der Waals surface area contributed by atoms with E-state index in [2.05, 4.69) is 6.58 Å². The number of aliphatic hydroxyl groups excluding tert-OH is 1. The molecule has 0 amide bonds. The fourth-order valence-corrected chi connectivity index (χ4v) is 1.48. The van der Waals surface area contributed by atoms with E-state index in [-0.39, 0.29) is 24.0 Å². The monoisotopic (exact) mass is 284 g/mol. The lowest BCUT2D eigenvalue weighted by Gasteiger charge is -2.07. The van der Waals surface area contributed by atoms with E-state index in [1.54, 1.807) is 24.3 Å². The summed E-state index contributed by atoms with van der Waals surface area (Å²) < 4.78 is 10.4. The zero-order chi connectivity index (χ0) is 14.1. The lowest BCUT2D eigenvalue weighted by atomic mass is 10.2. The maximum Gasteiger partial charge on any atom is 0.306 e. The van der Waals surface area contributed by atoms with Crippen LogP contribution in [0, 0.1) is 0 Å². The molecule has 1 aromatic rings. The van der Waals surface area contributed by atoms with E-state index < -0.39 is 0 Å². The molecule has 0 heterocycles. The van der Waals surface area contributed by atoms with Crippen LogP contribution in [0.2, 0.25) is 0 Å². The van der Waals surface area contributed by atoms with E-state index in [0.29, 0.717) is 30.9 Å². The van der Waals surface area contributed by atoms with E-state index >= 15 is 0 Å². The number of hydrogen-bond acceptors (Lipinski definition) is 4. The highest BCUT2D eigenvalue weighted by atomic mass is 35.5. The van der Waals surface area contributed by atoms with Crippen LogP contribution in [0.5, 0.6) is 5.75 Å². The first-order valence-corrected chi connectivity index (χ1v) is 6.49. The van der Waals surface area contributed by atoms with Crippen LogP contribution in [0.25, 0.3) is 5.76 Å². The summed E-state index contributed by atoms with van der Waals surface area (Å²) in [5.41, 5.74) is 0.655. The smallest absolute Gasteiger partial charge is 0.306 e. The van der Waals surface area contributed by atoms with Crippen molar-refractivity contribution in [2.45, 2.75) is 12.8 Å². The number of esters is 1. The van der Waals surface area contributed by atoms with Crippen LogP contribution in [0.4, 0.5) is 0 Å². The van der Waals surface area contributed by atoms with Gasteiger partial charge in [0.15, 0.2) is 0 Å². The number of alkyl halides is 1. The molecular weight excluding hydrogens is 268 g/mol. The molecule has 19 heavy (non-hydrogen) atoms. The molecule has 0 radical (unpaired) electrons. The maximum atomic E-state index is 11.0. The van der Waals surface area contributed by atoms with Gasteiger partial charge in [0.05, 0.1) is 19.6 Å². The molecule has 1 rings (SSSR count). The summed E-state index contributed by atoms with van der Waals surface area (Å²) in [7, 11) is 0. The predicted octanol–water partition coefficient (Wildman–Crippen LogP) is 3.16. The highest BCUT2D eigenvalue weighted by molar-refractivity contribution is 6.18. The maximum absolute atomic E-state index is 11.0. The van der Waals surface area contributed by atoms with E-state index in [1.165, 1.54) is 0 Å². The SMILES string of the molecule is C=C(O)c1ccc(OCCCOC(=O)CCCl)cc1. The Labute approximate surface area is 117 Å². The van der Waals surface area contributed by atoms with Crippen molar-refractivity contribution in [1.82, 2.24) is 0 Å². The summed E-state index contributed by atoms with van der Waals surface area (Å²) in [5.74, 6) is 0.702. The molecule has 0 aliphatic carbocycles. The number of carbonyl (C=O) groups excluding carboxylic acids is 1. The second-order valence-electron chi connectivity index (χ2n) is 3.83. The first-order valence-electron chi connectivity index (χ1n) is 5.96. The van der Waals surface area contributed by atoms with E-state index in [4.69, 9.17) is 26.2 Å². The highest BCUT2D eigenvalue weighted by Crippen LogP contribution is 2.15. The van der Waals surface area contributed by atoms with E-state index in [1.807, 2.05) is 0 Å². The van der Waals surface area contributed by atoms with Gasteiger partial charge >= 0.3 is 5.97 Å². The summed E-state index contributed by atoms with van der Waals surface area (Å²) in [5, 5.41) is 9.16. The van der Waals surface area contributed by atoms with E-state index in [0.717, 1.165) is 0 Å². The van der Waals surface area contributed by atoms with Crippen molar-refractivity contribution in [2.75, 3.05) is 19.1 Å². The van der Waals surface area contributed by atoms with Crippen molar-refractivity contribution in [3.05, 3.63) is 36.4 Å². The molecule has 1 aromatic carbocycles. The number of hydrogen-bond donors (Lipinski definition) is 1. The van der Waals surface area contributed by atoms with Crippen LogP contribution < -0.4 is 4.74 Å². The Hall–Kier alpha value is -1.68. The Morgan fingerprint density at radius 2 is 1.95 bits per heavy atom. The number of benzene rings is 1. The van der Waals surface area contributed by atoms with Crippen molar-refractivity contribution in [3.8, 4) is 5.75 Å². The summed E-state index contributed by atoms with van der Waals surface area (Å²) in [6.45, 7) is 4.20. The van der Waals surface area contributed by atoms with E-state index in [9.17, 15) is 4.79 Å². The minimum atomic E-state index is -0.291. The second-order valence-corrected chi connectivity index (χ2v) is 4.21. The average molecular weight is 285 g/mol. The topological polar surface area (TPSA) is 55.8 Å². The largest absolute Gasteiger partial charge is 0.508 e. The first kappa shape index (κ1) is 15.4. The fraction of sp³-hybridized carbons (Fsp3) is 0.357. The zero-order valence-electron chi connectivity index (χ0n) is 10.6. The van der Waals surface area contributed by atoms with Gasteiger partial charge in [-0.25, -0.2) is 0 Å². The van der Waals surface area contributed by atoms with Crippen LogP contribution in [-0.2, 0) is 9.53 Å². The summed E-state index contributed by atoms with van der Waals surface area (Å²) >= 11 is 5.40. The Morgan fingerprint density at radius 3 is 2.53 bits per heavy atom. The third kappa shape index (κ3) is 6.15. The molecule has 4 nitrogen and oxygen atoms in total. The Balaban J connectivity index is 2.19. The van der Waals surface area contributed by atoms with Crippen LogP contribution in [-0.4, -0.2) is 30.2 Å². The number of carbonyl (C=O) groups is 1. The molecule has 0 fully saturated rings. The van der Waals surface area contributed by atoms with Gasteiger partial charge in [-0.1, -0.05) is 6.58 Å². The van der Waals surface area contributed by atoms with Gasteiger partial charge < -0.3 is 14.6 Å². The molecule has 1 N–H and O–H groups in total. The van der Waals surface area contributed by atoms with Crippen LogP contribution in [0.3, 0.4) is 0 Å². The molecule has 0 spiro atoms. The summed E-state index contributed by atoms with van der Waals surface area (Å²) in [6, 6.07) is 6.93. The van der Waals surface area contributed by atoms with Gasteiger partial charge in [-0.05, 0) is 24.3 Å². The first-order chi connectivity index (χ1) is 9.13. The highest BCUT2D eigenvalue weighted by Gasteiger charge is 2.01. The van der Waals surface area contributed by atoms with Crippen LogP contribution >= 0.6 is 11.6 Å². The molecule has 104 valence electrons. The Bertz CT molecular complexity index is 414. The molecule has 0 unspecified atom stereocenters. The van der Waals surface area contributed by atoms with Crippen molar-refractivity contribution < 1.29 is 19.4 Å². The normalized spacial score (nSPS) is 9.95. The molecule has 0 bridgehead atoms. The third-order valence-corrected chi connectivity index (χ3v) is 2.50. The molecule has 0 saturated heterocycles. The van der Waals surface area contributed by atoms with Gasteiger partial charge in [0, 0.05) is 17.9 Å². The second kappa shape index (κ2) is 8.43. The third-order valence-electron chi connectivity index (χ3n) is 2.31. The molecule has 0 aliphatic rings. The molecule has 5 heteroatoms. The molecule has 0 aromatic heterocycles. The Morgan fingerprint density at radius 1 is 1.26 bits per heavy atom. The minimum absolute atomic E-state index is 0.0257. The van der Waals surface area contributed by atoms with Gasteiger partial charge in [-0.2, -0.15) is 0 Å². The summed E-state index contributed by atoms with van der Waals surface area (Å²) in [6.07, 6.45) is 0.845. The number of ether oxygens (including phenoxy) is 2. The zero-order valence-corrected chi connectivity index (χ0v) is 11.4. The lowest BCUT2D eigenvalue weighted by Crippen LogP contribution is -2.09. The standard InChI is InChI=1S/C14H17ClO4/c1-11(16)12-3-5-13(6-4-12)18-9-2-10-19-14(17)7-8-15/h3-6,16H,1-2,7-10H2. The predicted molar refractivity (Wildman–Crippen MR) is 74.5 cm³/mol. The van der Waals surface area contributed by atoms with Crippen LogP contribution in [0.1, 0.15) is 18.4 Å².